The molecule has 3 aromatic carbocycles. The standard InChI is InChI=1S/C26H20F5NO2/c1-2-33-19-8-10-23(32-14-19)18-7-9-20-17(13-18)6-5-16(24(20)29)4-3-15-11-21(27)25(22(28)12-15)34-26(30)31/h5-14,26H,2-4H2,1H3. The van der Waals surface area contributed by atoms with Crippen LogP contribution in [0, 0.1) is 17.5 Å². The maximum Gasteiger partial charge on any atom is 0.387 e. The number of hydrogen-bond acceptors (Lipinski definition) is 3. The van der Waals surface area contributed by atoms with Gasteiger partial charge in [-0.25, -0.2) is 13.2 Å². The molecule has 0 radical (unpaired) electrons. The normalized spacial score (nSPS) is 11.3. The molecule has 3 nitrogen and oxygen atoms in total. The molecule has 0 fully saturated rings. The fourth-order valence-corrected chi connectivity index (χ4v) is 3.73. The first kappa shape index (κ1) is 23.5. The molecule has 4 rings (SSSR count). The van der Waals surface area contributed by atoms with Crippen LogP contribution in [0.2, 0.25) is 0 Å². The van der Waals surface area contributed by atoms with Crippen molar-refractivity contribution in [2.24, 2.45) is 0 Å². The number of alkyl halides is 2. The topological polar surface area (TPSA) is 31.4 Å². The zero-order valence-electron chi connectivity index (χ0n) is 18.1. The van der Waals surface area contributed by atoms with Crippen molar-refractivity contribution < 1.29 is 31.4 Å². The van der Waals surface area contributed by atoms with Gasteiger partial charge in [0.05, 0.1) is 18.5 Å². The molecule has 0 saturated heterocycles. The van der Waals surface area contributed by atoms with Gasteiger partial charge >= 0.3 is 6.61 Å². The lowest BCUT2D eigenvalue weighted by Crippen LogP contribution is -2.06. The fourth-order valence-electron chi connectivity index (χ4n) is 3.73. The van der Waals surface area contributed by atoms with Gasteiger partial charge in [-0.05, 0) is 66.6 Å². The summed E-state index contributed by atoms with van der Waals surface area (Å²) in [7, 11) is 0. The SMILES string of the molecule is CCOc1ccc(-c2ccc3c(F)c(CCc4cc(F)c(OC(F)F)c(F)c4)ccc3c2)nc1. The third-order valence-electron chi connectivity index (χ3n) is 5.33. The number of rotatable bonds is 8. The average molecular weight is 473 g/mol. The Bertz CT molecular complexity index is 1290. The predicted molar refractivity (Wildman–Crippen MR) is 119 cm³/mol. The minimum absolute atomic E-state index is 0.111. The molecule has 1 heterocycles. The van der Waals surface area contributed by atoms with Crippen LogP contribution in [-0.2, 0) is 12.8 Å². The van der Waals surface area contributed by atoms with Crippen LogP contribution in [0.15, 0.2) is 60.8 Å². The Morgan fingerprint density at radius 2 is 1.65 bits per heavy atom. The van der Waals surface area contributed by atoms with Crippen LogP contribution in [0.3, 0.4) is 0 Å². The Morgan fingerprint density at radius 3 is 2.29 bits per heavy atom. The van der Waals surface area contributed by atoms with Crippen molar-refractivity contribution in [2.45, 2.75) is 26.4 Å². The first-order chi connectivity index (χ1) is 16.4. The summed E-state index contributed by atoms with van der Waals surface area (Å²) in [5.41, 5.74) is 2.11. The number of aromatic nitrogens is 1. The summed E-state index contributed by atoms with van der Waals surface area (Å²) < 4.78 is 76.8. The average Bonchev–Trinajstić information content (AvgIpc) is 2.81. The van der Waals surface area contributed by atoms with E-state index in [1.54, 1.807) is 30.5 Å². The highest BCUT2D eigenvalue weighted by Gasteiger charge is 2.17. The summed E-state index contributed by atoms with van der Waals surface area (Å²) in [4.78, 5) is 4.38. The highest BCUT2D eigenvalue weighted by Crippen LogP contribution is 2.29. The highest BCUT2D eigenvalue weighted by molar-refractivity contribution is 5.88. The first-order valence-corrected chi connectivity index (χ1v) is 10.6. The van der Waals surface area contributed by atoms with E-state index in [9.17, 15) is 17.6 Å². The van der Waals surface area contributed by atoms with Crippen LogP contribution in [0.4, 0.5) is 22.0 Å². The van der Waals surface area contributed by atoms with E-state index < -0.39 is 29.8 Å². The second-order valence-corrected chi connectivity index (χ2v) is 7.55. The van der Waals surface area contributed by atoms with E-state index in [1.165, 1.54) is 0 Å². The number of benzene rings is 3. The van der Waals surface area contributed by atoms with Gasteiger partial charge in [-0.15, -0.1) is 0 Å². The third kappa shape index (κ3) is 5.11. The van der Waals surface area contributed by atoms with Crippen LogP contribution in [0.25, 0.3) is 22.0 Å². The van der Waals surface area contributed by atoms with Gasteiger partial charge < -0.3 is 9.47 Å². The second kappa shape index (κ2) is 10.1. The number of ether oxygens (including phenoxy) is 2. The Balaban J connectivity index is 1.53. The molecule has 0 bridgehead atoms. The predicted octanol–water partition coefficient (Wildman–Crippen LogP) is 7.10. The van der Waals surface area contributed by atoms with Crippen LogP contribution >= 0.6 is 0 Å². The van der Waals surface area contributed by atoms with Gasteiger partial charge in [0.2, 0.25) is 0 Å². The molecule has 1 aromatic heterocycles. The first-order valence-electron chi connectivity index (χ1n) is 10.6. The molecule has 0 amide bonds. The Kier molecular flexibility index (Phi) is 6.95. The number of nitrogens with zero attached hydrogens (tertiary/aromatic N) is 1. The molecule has 0 saturated carbocycles. The van der Waals surface area contributed by atoms with Gasteiger partial charge in [-0.3, -0.25) is 4.98 Å². The van der Waals surface area contributed by atoms with Crippen LogP contribution in [0.1, 0.15) is 18.1 Å². The molecule has 0 N–H and O–H groups in total. The molecule has 0 aliphatic carbocycles. The summed E-state index contributed by atoms with van der Waals surface area (Å²) in [6.07, 6.45) is 1.90. The fraction of sp³-hybridized carbons (Fsp3) is 0.192. The van der Waals surface area contributed by atoms with Crippen molar-refractivity contribution in [1.29, 1.82) is 0 Å². The van der Waals surface area contributed by atoms with E-state index in [-0.39, 0.29) is 18.4 Å². The third-order valence-corrected chi connectivity index (χ3v) is 5.33. The Morgan fingerprint density at radius 1 is 0.882 bits per heavy atom. The van der Waals surface area contributed by atoms with Crippen LogP contribution < -0.4 is 9.47 Å². The number of aryl methyl sites for hydroxylation is 2. The molecule has 0 atom stereocenters. The maximum atomic E-state index is 15.1. The number of halogens is 5. The lowest BCUT2D eigenvalue weighted by molar-refractivity contribution is -0.0546. The summed E-state index contributed by atoms with van der Waals surface area (Å²) in [5.74, 6) is -3.36. The zero-order valence-corrected chi connectivity index (χ0v) is 18.1. The smallest absolute Gasteiger partial charge is 0.387 e. The molecule has 0 aliphatic rings. The summed E-state index contributed by atoms with van der Waals surface area (Å²) in [6.45, 7) is -0.911. The van der Waals surface area contributed by atoms with Crippen molar-refractivity contribution >= 4 is 10.8 Å². The van der Waals surface area contributed by atoms with Gasteiger partial charge in [-0.1, -0.05) is 24.3 Å². The molecule has 8 heteroatoms. The molecule has 34 heavy (non-hydrogen) atoms. The second-order valence-electron chi connectivity index (χ2n) is 7.55. The number of pyridine rings is 1. The van der Waals surface area contributed by atoms with E-state index >= 15 is 4.39 Å². The molecule has 176 valence electrons. The maximum absolute atomic E-state index is 15.1. The van der Waals surface area contributed by atoms with Gasteiger partial charge in [0.15, 0.2) is 17.4 Å². The summed E-state index contributed by atoms with van der Waals surface area (Å²) in [6, 6.07) is 14.1. The lowest BCUT2D eigenvalue weighted by atomic mass is 9.98. The Labute approximate surface area is 192 Å². The van der Waals surface area contributed by atoms with Gasteiger partial charge in [0.1, 0.15) is 11.6 Å². The van der Waals surface area contributed by atoms with E-state index in [4.69, 9.17) is 4.74 Å². The lowest BCUT2D eigenvalue weighted by Gasteiger charge is -2.11. The molecular formula is C26H20F5NO2. The van der Waals surface area contributed by atoms with E-state index in [0.29, 0.717) is 28.7 Å². The molecule has 0 unspecified atom stereocenters. The molecule has 0 spiro atoms. The number of hydrogen-bond donors (Lipinski definition) is 0. The minimum atomic E-state index is -3.34. The molecule has 4 aromatic rings. The quantitative estimate of drug-likeness (QED) is 0.256. The molecular weight excluding hydrogens is 453 g/mol. The minimum Gasteiger partial charge on any atom is -0.492 e. The Hall–Kier alpha value is -3.68. The van der Waals surface area contributed by atoms with E-state index in [1.807, 2.05) is 25.1 Å². The van der Waals surface area contributed by atoms with Crippen molar-refractivity contribution in [3.05, 3.63) is 89.4 Å². The van der Waals surface area contributed by atoms with Crippen molar-refractivity contribution in [3.8, 4) is 22.8 Å². The summed E-state index contributed by atoms with van der Waals surface area (Å²) >= 11 is 0. The van der Waals surface area contributed by atoms with E-state index in [2.05, 4.69) is 9.72 Å². The van der Waals surface area contributed by atoms with Crippen molar-refractivity contribution in [2.75, 3.05) is 6.61 Å². The van der Waals surface area contributed by atoms with Crippen molar-refractivity contribution in [1.82, 2.24) is 4.98 Å². The molecule has 0 aliphatic heterocycles. The highest BCUT2D eigenvalue weighted by atomic mass is 19.3. The largest absolute Gasteiger partial charge is 0.492 e. The van der Waals surface area contributed by atoms with Crippen molar-refractivity contribution in [3.63, 3.8) is 0 Å². The van der Waals surface area contributed by atoms with Gasteiger partial charge in [-0.2, -0.15) is 8.78 Å². The van der Waals surface area contributed by atoms with E-state index in [0.717, 1.165) is 23.4 Å². The monoisotopic (exact) mass is 473 g/mol. The van der Waals surface area contributed by atoms with Gasteiger partial charge in [0, 0.05) is 10.9 Å². The van der Waals surface area contributed by atoms with Crippen LogP contribution in [-0.4, -0.2) is 18.2 Å². The zero-order chi connectivity index (χ0) is 24.2. The van der Waals surface area contributed by atoms with Crippen LogP contribution in [0.5, 0.6) is 11.5 Å². The summed E-state index contributed by atoms with van der Waals surface area (Å²) in [5, 5.41) is 1.09. The van der Waals surface area contributed by atoms with Gasteiger partial charge in [0.25, 0.3) is 0 Å². The number of fused-ring (bicyclic) bond motifs is 1.